The molecule has 1 amide bonds. The lowest BCUT2D eigenvalue weighted by Gasteiger charge is -2.08. The van der Waals surface area contributed by atoms with E-state index >= 15 is 0 Å². The fourth-order valence-electron chi connectivity index (χ4n) is 3.16. The Kier molecular flexibility index (Phi) is 7.26. The van der Waals surface area contributed by atoms with Crippen molar-refractivity contribution in [2.24, 2.45) is 0 Å². The second-order valence-electron chi connectivity index (χ2n) is 6.92. The smallest absolute Gasteiger partial charge is 0.341 e. The average molecular weight is 436 g/mol. The Bertz CT molecular complexity index is 1100. The molecule has 0 saturated heterocycles. The zero-order valence-electron chi connectivity index (χ0n) is 18.0. The van der Waals surface area contributed by atoms with Crippen molar-refractivity contribution in [1.82, 2.24) is 0 Å². The van der Waals surface area contributed by atoms with Crippen molar-refractivity contribution in [1.29, 1.82) is 0 Å². The van der Waals surface area contributed by atoms with Crippen LogP contribution in [0.5, 0.6) is 5.75 Å². The Balaban J connectivity index is 1.90. The van der Waals surface area contributed by atoms with E-state index in [1.807, 2.05) is 69.3 Å². The summed E-state index contributed by atoms with van der Waals surface area (Å²) in [7, 11) is 1.33. The summed E-state index contributed by atoms with van der Waals surface area (Å²) in [5.74, 6) is -0.0511. The molecule has 1 aromatic heterocycles. The van der Waals surface area contributed by atoms with Crippen LogP contribution in [0.4, 0.5) is 5.00 Å². The number of ether oxygens (including phenoxy) is 2. The highest BCUT2D eigenvalue weighted by Crippen LogP contribution is 2.40. The molecule has 0 aliphatic carbocycles. The van der Waals surface area contributed by atoms with Crippen molar-refractivity contribution < 1.29 is 19.1 Å². The van der Waals surface area contributed by atoms with E-state index in [-0.39, 0.29) is 5.91 Å². The first-order valence-electron chi connectivity index (χ1n) is 9.93. The number of aryl methyl sites for hydroxylation is 2. The van der Waals surface area contributed by atoms with Gasteiger partial charge in [-0.15, -0.1) is 11.3 Å². The predicted octanol–water partition coefficient (Wildman–Crippen LogP) is 5.87. The van der Waals surface area contributed by atoms with Crippen LogP contribution in [0.1, 0.15) is 33.3 Å². The van der Waals surface area contributed by atoms with Crippen molar-refractivity contribution in [2.75, 3.05) is 19.0 Å². The van der Waals surface area contributed by atoms with E-state index in [9.17, 15) is 9.59 Å². The molecule has 6 heteroatoms. The number of anilines is 1. The molecule has 31 heavy (non-hydrogen) atoms. The van der Waals surface area contributed by atoms with Gasteiger partial charge in [0.25, 0.3) is 0 Å². The summed E-state index contributed by atoms with van der Waals surface area (Å²) in [4.78, 5) is 26.0. The number of amides is 1. The van der Waals surface area contributed by atoms with Crippen LogP contribution in [-0.4, -0.2) is 25.6 Å². The van der Waals surface area contributed by atoms with E-state index in [0.29, 0.717) is 17.2 Å². The van der Waals surface area contributed by atoms with Crippen molar-refractivity contribution in [3.63, 3.8) is 0 Å². The van der Waals surface area contributed by atoms with Crippen LogP contribution in [0.3, 0.4) is 0 Å². The second-order valence-corrected chi connectivity index (χ2v) is 8.14. The lowest BCUT2D eigenvalue weighted by molar-refractivity contribution is -0.111. The largest absolute Gasteiger partial charge is 0.494 e. The van der Waals surface area contributed by atoms with Gasteiger partial charge < -0.3 is 14.8 Å². The number of benzene rings is 2. The fraction of sp³-hybridized carbons (Fsp3) is 0.200. The molecule has 160 valence electrons. The Labute approximate surface area is 186 Å². The summed E-state index contributed by atoms with van der Waals surface area (Å²) >= 11 is 1.35. The van der Waals surface area contributed by atoms with Crippen molar-refractivity contribution in [2.45, 2.75) is 20.8 Å². The molecule has 0 spiro atoms. The maximum absolute atomic E-state index is 12.6. The highest BCUT2D eigenvalue weighted by Gasteiger charge is 2.24. The first-order valence-corrected chi connectivity index (χ1v) is 10.7. The van der Waals surface area contributed by atoms with Gasteiger partial charge in [-0.3, -0.25) is 4.79 Å². The highest BCUT2D eigenvalue weighted by atomic mass is 32.1. The third kappa shape index (κ3) is 5.41. The molecule has 5 nitrogen and oxygen atoms in total. The molecular weight excluding hydrogens is 410 g/mol. The summed E-state index contributed by atoms with van der Waals surface area (Å²) in [6.07, 6.45) is 3.19. The van der Waals surface area contributed by atoms with E-state index in [1.54, 1.807) is 6.08 Å². The zero-order chi connectivity index (χ0) is 22.4. The number of hydrogen-bond acceptors (Lipinski definition) is 5. The van der Waals surface area contributed by atoms with Crippen molar-refractivity contribution in [3.05, 3.63) is 76.2 Å². The molecule has 3 aromatic rings. The van der Waals surface area contributed by atoms with Crippen molar-refractivity contribution in [3.8, 4) is 16.9 Å². The summed E-state index contributed by atoms with van der Waals surface area (Å²) in [6, 6.07) is 15.4. The Morgan fingerprint density at radius 2 is 1.71 bits per heavy atom. The molecular formula is C25H25NO4S. The Hall–Kier alpha value is -3.38. The van der Waals surface area contributed by atoms with Gasteiger partial charge in [-0.05, 0) is 50.1 Å². The molecule has 0 bridgehead atoms. The summed E-state index contributed by atoms with van der Waals surface area (Å²) in [6.45, 7) is 6.43. The average Bonchev–Trinajstić information content (AvgIpc) is 3.09. The monoisotopic (exact) mass is 435 g/mol. The normalized spacial score (nSPS) is 10.8. The number of carbonyl (C=O) groups excluding carboxylic acids is 2. The topological polar surface area (TPSA) is 64.6 Å². The SMILES string of the molecule is CCOc1ccc(-c2c(C)sc(NC(=O)C=Cc3ccc(C)cc3)c2C(=O)OC)cc1. The highest BCUT2D eigenvalue weighted by molar-refractivity contribution is 7.17. The summed E-state index contributed by atoms with van der Waals surface area (Å²) in [5.41, 5.74) is 4.03. The van der Waals surface area contributed by atoms with Gasteiger partial charge in [0.2, 0.25) is 5.91 Å². The van der Waals surface area contributed by atoms with Gasteiger partial charge in [0.15, 0.2) is 0 Å². The van der Waals surface area contributed by atoms with Gasteiger partial charge >= 0.3 is 5.97 Å². The fourth-order valence-corrected chi connectivity index (χ4v) is 4.23. The van der Waals surface area contributed by atoms with Crippen LogP contribution in [0.25, 0.3) is 17.2 Å². The van der Waals surface area contributed by atoms with Crippen LogP contribution >= 0.6 is 11.3 Å². The third-order valence-electron chi connectivity index (χ3n) is 4.67. The number of carbonyl (C=O) groups is 2. The molecule has 0 aliphatic rings. The molecule has 0 saturated carbocycles. The third-order valence-corrected chi connectivity index (χ3v) is 5.69. The zero-order valence-corrected chi connectivity index (χ0v) is 18.8. The standard InChI is InChI=1S/C25H25NO4S/c1-5-30-20-13-11-19(12-14-20)22-17(3)31-24(23(22)25(28)29-4)26-21(27)15-10-18-8-6-16(2)7-9-18/h6-15H,5H2,1-4H3,(H,26,27). The molecule has 0 radical (unpaired) electrons. The van der Waals surface area contributed by atoms with Crippen molar-refractivity contribution >= 4 is 34.3 Å². The molecule has 0 aliphatic heterocycles. The van der Waals surface area contributed by atoms with Crippen LogP contribution < -0.4 is 10.1 Å². The number of thiophene rings is 1. The number of hydrogen-bond donors (Lipinski definition) is 1. The molecule has 0 fully saturated rings. The number of esters is 1. The summed E-state index contributed by atoms with van der Waals surface area (Å²) < 4.78 is 10.5. The van der Waals surface area contributed by atoms with Crippen LogP contribution in [0, 0.1) is 13.8 Å². The van der Waals surface area contributed by atoms with Gasteiger partial charge in [0, 0.05) is 16.5 Å². The minimum atomic E-state index is -0.494. The van der Waals surface area contributed by atoms with Crippen LogP contribution in [0.15, 0.2) is 54.6 Å². The lowest BCUT2D eigenvalue weighted by Crippen LogP contribution is -2.11. The first-order chi connectivity index (χ1) is 14.9. The van der Waals surface area contributed by atoms with E-state index in [2.05, 4.69) is 5.32 Å². The number of methoxy groups -OCH3 is 1. The number of rotatable bonds is 7. The van der Waals surface area contributed by atoms with E-state index in [1.165, 1.54) is 24.5 Å². The molecule has 2 aromatic carbocycles. The van der Waals surface area contributed by atoms with E-state index in [0.717, 1.165) is 32.9 Å². The molecule has 0 atom stereocenters. The van der Waals surface area contributed by atoms with Crippen LogP contribution in [0.2, 0.25) is 0 Å². The minimum Gasteiger partial charge on any atom is -0.494 e. The molecule has 3 rings (SSSR count). The van der Waals surface area contributed by atoms with Gasteiger partial charge in [0.05, 0.1) is 13.7 Å². The lowest BCUT2D eigenvalue weighted by atomic mass is 10.0. The summed E-state index contributed by atoms with van der Waals surface area (Å²) in [5, 5.41) is 3.30. The van der Waals surface area contributed by atoms with Gasteiger partial charge in [-0.1, -0.05) is 42.0 Å². The Morgan fingerprint density at radius 1 is 1.03 bits per heavy atom. The van der Waals surface area contributed by atoms with E-state index < -0.39 is 5.97 Å². The first kappa shape index (κ1) is 22.3. The van der Waals surface area contributed by atoms with E-state index in [4.69, 9.17) is 9.47 Å². The minimum absolute atomic E-state index is 0.315. The second kappa shape index (κ2) is 10.1. The van der Waals surface area contributed by atoms with Gasteiger partial charge in [-0.25, -0.2) is 4.79 Å². The Morgan fingerprint density at radius 3 is 2.32 bits per heavy atom. The molecule has 1 N–H and O–H groups in total. The predicted molar refractivity (Wildman–Crippen MR) is 126 cm³/mol. The number of nitrogens with one attached hydrogen (secondary N) is 1. The van der Waals surface area contributed by atoms with Gasteiger partial charge in [0.1, 0.15) is 16.3 Å². The molecule has 1 heterocycles. The van der Waals surface area contributed by atoms with Gasteiger partial charge in [-0.2, -0.15) is 0 Å². The quantitative estimate of drug-likeness (QED) is 0.372. The van der Waals surface area contributed by atoms with Crippen LogP contribution in [-0.2, 0) is 9.53 Å². The maximum Gasteiger partial charge on any atom is 0.341 e. The maximum atomic E-state index is 12.6. The molecule has 0 unspecified atom stereocenters.